The van der Waals surface area contributed by atoms with Crippen molar-refractivity contribution in [3.63, 3.8) is 0 Å². The van der Waals surface area contributed by atoms with E-state index in [1.54, 1.807) is 12.1 Å². The van der Waals surface area contributed by atoms with Crippen LogP contribution in [0.15, 0.2) is 18.2 Å². The van der Waals surface area contributed by atoms with Crippen molar-refractivity contribution in [1.82, 2.24) is 0 Å². The van der Waals surface area contributed by atoms with E-state index >= 15 is 0 Å². The predicted octanol–water partition coefficient (Wildman–Crippen LogP) is 2.08. The summed E-state index contributed by atoms with van der Waals surface area (Å²) in [6.45, 7) is 2.01. The van der Waals surface area contributed by atoms with Gasteiger partial charge >= 0.3 is 5.97 Å². The lowest BCUT2D eigenvalue weighted by Gasteiger charge is -2.01. The number of hydrogen-bond acceptors (Lipinski definition) is 2. The van der Waals surface area contributed by atoms with Crippen molar-refractivity contribution in [2.24, 2.45) is 5.92 Å². The van der Waals surface area contributed by atoms with E-state index in [2.05, 4.69) is 0 Å². The fraction of sp³-hybridized carbons (Fsp3) is 0.385. The monoisotopic (exact) mass is 218 g/mol. The topological polar surface area (TPSA) is 54.4 Å². The number of carboxylic acids is 1. The van der Waals surface area contributed by atoms with E-state index < -0.39 is 5.97 Å². The highest BCUT2D eigenvalue weighted by Gasteiger charge is 2.28. The number of benzene rings is 1. The van der Waals surface area contributed by atoms with E-state index in [1.807, 2.05) is 13.0 Å². The first-order chi connectivity index (χ1) is 7.61. The SMILES string of the molecule is CCC1Cc2ccc(CC(=O)O)cc2C1=O. The minimum Gasteiger partial charge on any atom is -0.481 e. The zero-order valence-electron chi connectivity index (χ0n) is 9.19. The van der Waals surface area contributed by atoms with Gasteiger partial charge in [-0.25, -0.2) is 0 Å². The molecule has 2 rings (SSSR count). The van der Waals surface area contributed by atoms with Gasteiger partial charge < -0.3 is 5.11 Å². The van der Waals surface area contributed by atoms with Gasteiger partial charge in [-0.05, 0) is 30.0 Å². The van der Waals surface area contributed by atoms with Gasteiger partial charge in [-0.15, -0.1) is 0 Å². The summed E-state index contributed by atoms with van der Waals surface area (Å²) in [6, 6.07) is 5.43. The van der Waals surface area contributed by atoms with Crippen LogP contribution in [0.4, 0.5) is 0 Å². The lowest BCUT2D eigenvalue weighted by molar-refractivity contribution is -0.136. The Labute approximate surface area is 94.1 Å². The number of carbonyl (C=O) groups is 2. The van der Waals surface area contributed by atoms with Crippen molar-refractivity contribution in [3.05, 3.63) is 34.9 Å². The molecule has 1 aliphatic carbocycles. The Morgan fingerprint density at radius 3 is 2.88 bits per heavy atom. The number of carbonyl (C=O) groups excluding carboxylic acids is 1. The van der Waals surface area contributed by atoms with Gasteiger partial charge in [0.2, 0.25) is 0 Å². The molecule has 0 fully saturated rings. The Morgan fingerprint density at radius 2 is 2.25 bits per heavy atom. The van der Waals surface area contributed by atoms with Crippen molar-refractivity contribution in [1.29, 1.82) is 0 Å². The van der Waals surface area contributed by atoms with Gasteiger partial charge in [0.1, 0.15) is 0 Å². The summed E-state index contributed by atoms with van der Waals surface area (Å²) < 4.78 is 0. The minimum atomic E-state index is -0.863. The average Bonchev–Trinajstić information content (AvgIpc) is 2.55. The molecule has 1 unspecified atom stereocenters. The van der Waals surface area contributed by atoms with Gasteiger partial charge in [0.15, 0.2) is 5.78 Å². The molecule has 0 saturated carbocycles. The van der Waals surface area contributed by atoms with Crippen molar-refractivity contribution >= 4 is 11.8 Å². The molecule has 0 aliphatic heterocycles. The van der Waals surface area contributed by atoms with Crippen molar-refractivity contribution in [2.45, 2.75) is 26.2 Å². The van der Waals surface area contributed by atoms with Crippen LogP contribution in [-0.4, -0.2) is 16.9 Å². The first kappa shape index (κ1) is 10.9. The summed E-state index contributed by atoms with van der Waals surface area (Å²) in [5.41, 5.74) is 2.49. The first-order valence-corrected chi connectivity index (χ1v) is 5.49. The zero-order chi connectivity index (χ0) is 11.7. The fourth-order valence-corrected chi connectivity index (χ4v) is 2.22. The Bertz CT molecular complexity index is 448. The second kappa shape index (κ2) is 4.08. The molecule has 0 amide bonds. The highest BCUT2D eigenvalue weighted by Crippen LogP contribution is 2.29. The highest BCUT2D eigenvalue weighted by molar-refractivity contribution is 6.02. The lowest BCUT2D eigenvalue weighted by atomic mass is 10.0. The molecule has 0 aromatic heterocycles. The average molecular weight is 218 g/mol. The third-order valence-corrected chi connectivity index (χ3v) is 3.12. The second-order valence-corrected chi connectivity index (χ2v) is 4.24. The van der Waals surface area contributed by atoms with E-state index in [0.717, 1.165) is 24.0 Å². The summed E-state index contributed by atoms with van der Waals surface area (Å²) in [6.07, 6.45) is 1.64. The van der Waals surface area contributed by atoms with Gasteiger partial charge in [-0.2, -0.15) is 0 Å². The standard InChI is InChI=1S/C13H14O3/c1-2-9-7-10-4-3-8(6-12(14)15)5-11(10)13(9)16/h3-5,9H,2,6-7H2,1H3,(H,14,15). The van der Waals surface area contributed by atoms with E-state index in [4.69, 9.17) is 5.11 Å². The molecule has 1 aromatic rings. The third kappa shape index (κ3) is 1.85. The molecule has 0 saturated heterocycles. The number of carboxylic acid groups (broad SMARTS) is 1. The summed E-state index contributed by atoms with van der Waals surface area (Å²) in [7, 11) is 0. The van der Waals surface area contributed by atoms with Crippen LogP contribution >= 0.6 is 0 Å². The summed E-state index contributed by atoms with van der Waals surface area (Å²) in [4.78, 5) is 22.5. The van der Waals surface area contributed by atoms with Crippen LogP contribution in [0, 0.1) is 5.92 Å². The molecule has 0 heterocycles. The molecule has 0 spiro atoms. The van der Waals surface area contributed by atoms with Crippen LogP contribution in [0.25, 0.3) is 0 Å². The molecular formula is C13H14O3. The first-order valence-electron chi connectivity index (χ1n) is 5.49. The van der Waals surface area contributed by atoms with Gasteiger partial charge in [-0.1, -0.05) is 19.1 Å². The summed E-state index contributed by atoms with van der Waals surface area (Å²) in [5.74, 6) is -0.600. The quantitative estimate of drug-likeness (QED) is 0.845. The van der Waals surface area contributed by atoms with E-state index in [0.29, 0.717) is 5.56 Å². The molecule has 1 N–H and O–H groups in total. The Kier molecular flexibility index (Phi) is 2.77. The van der Waals surface area contributed by atoms with Crippen LogP contribution in [0.1, 0.15) is 34.8 Å². The summed E-state index contributed by atoms with van der Waals surface area (Å²) in [5, 5.41) is 8.69. The zero-order valence-corrected chi connectivity index (χ0v) is 9.19. The van der Waals surface area contributed by atoms with E-state index in [9.17, 15) is 9.59 Å². The number of aliphatic carboxylic acids is 1. The normalized spacial score (nSPS) is 18.6. The molecule has 0 bridgehead atoms. The van der Waals surface area contributed by atoms with Crippen LogP contribution in [-0.2, 0) is 17.6 Å². The smallest absolute Gasteiger partial charge is 0.307 e. The van der Waals surface area contributed by atoms with Crippen LogP contribution < -0.4 is 0 Å². The molecule has 3 nitrogen and oxygen atoms in total. The summed E-state index contributed by atoms with van der Waals surface area (Å²) >= 11 is 0. The van der Waals surface area contributed by atoms with Gasteiger partial charge in [-0.3, -0.25) is 9.59 Å². The number of Topliss-reactive ketones (excluding diaryl/α,β-unsaturated/α-hetero) is 1. The Morgan fingerprint density at radius 1 is 1.50 bits per heavy atom. The predicted molar refractivity (Wildman–Crippen MR) is 59.6 cm³/mol. The van der Waals surface area contributed by atoms with Crippen LogP contribution in [0.2, 0.25) is 0 Å². The number of ketones is 1. The number of fused-ring (bicyclic) bond motifs is 1. The maximum absolute atomic E-state index is 11.9. The van der Waals surface area contributed by atoms with Crippen LogP contribution in [0.3, 0.4) is 0 Å². The maximum atomic E-state index is 11.9. The van der Waals surface area contributed by atoms with Crippen LogP contribution in [0.5, 0.6) is 0 Å². The minimum absolute atomic E-state index is 0.0165. The molecular weight excluding hydrogens is 204 g/mol. The molecule has 1 atom stereocenters. The fourth-order valence-electron chi connectivity index (χ4n) is 2.22. The molecule has 0 radical (unpaired) electrons. The molecule has 3 heteroatoms. The number of rotatable bonds is 3. The van der Waals surface area contributed by atoms with Crippen molar-refractivity contribution in [2.75, 3.05) is 0 Å². The third-order valence-electron chi connectivity index (χ3n) is 3.12. The lowest BCUT2D eigenvalue weighted by Crippen LogP contribution is -2.07. The van der Waals surface area contributed by atoms with E-state index in [1.165, 1.54) is 0 Å². The van der Waals surface area contributed by atoms with Crippen molar-refractivity contribution < 1.29 is 14.7 Å². The van der Waals surface area contributed by atoms with Gasteiger partial charge in [0.25, 0.3) is 0 Å². The Balaban J connectivity index is 2.31. The number of hydrogen-bond donors (Lipinski definition) is 1. The molecule has 16 heavy (non-hydrogen) atoms. The molecule has 84 valence electrons. The second-order valence-electron chi connectivity index (χ2n) is 4.24. The maximum Gasteiger partial charge on any atom is 0.307 e. The van der Waals surface area contributed by atoms with Gasteiger partial charge in [0, 0.05) is 11.5 Å². The molecule has 1 aromatic carbocycles. The highest BCUT2D eigenvalue weighted by atomic mass is 16.4. The largest absolute Gasteiger partial charge is 0.481 e. The van der Waals surface area contributed by atoms with E-state index in [-0.39, 0.29) is 18.1 Å². The Hall–Kier alpha value is -1.64. The van der Waals surface area contributed by atoms with Crippen molar-refractivity contribution in [3.8, 4) is 0 Å². The van der Waals surface area contributed by atoms with Gasteiger partial charge in [0.05, 0.1) is 6.42 Å². The molecule has 1 aliphatic rings.